The molecule has 0 atom stereocenters. The van der Waals surface area contributed by atoms with Crippen molar-refractivity contribution in [2.75, 3.05) is 6.54 Å². The predicted octanol–water partition coefficient (Wildman–Crippen LogP) is 2.90. The Balaban J connectivity index is 1.52. The second-order valence-electron chi connectivity index (χ2n) is 4.90. The maximum atomic E-state index is 11.9. The van der Waals surface area contributed by atoms with Gasteiger partial charge in [-0.05, 0) is 30.7 Å². The minimum atomic E-state index is -0.210. The van der Waals surface area contributed by atoms with Gasteiger partial charge in [-0.1, -0.05) is 23.7 Å². The number of hydrogen-bond donors (Lipinski definition) is 1. The summed E-state index contributed by atoms with van der Waals surface area (Å²) < 4.78 is 2.08. The monoisotopic (exact) mass is 314 g/mol. The number of hydrogen-bond acceptors (Lipinski definition) is 3. The van der Waals surface area contributed by atoms with Gasteiger partial charge < -0.3 is 9.88 Å². The zero-order chi connectivity index (χ0) is 15.4. The molecule has 0 fully saturated rings. The number of nitrogens with one attached hydrogen (secondary N) is 1. The smallest absolute Gasteiger partial charge is 0.269 e. The highest BCUT2D eigenvalue weighted by Crippen LogP contribution is 2.12. The SMILES string of the molecule is O=C(NCCCn1cnc2ccccc21)c1cc(Cl)ccn1. The molecular weight excluding hydrogens is 300 g/mol. The molecule has 0 radical (unpaired) electrons. The highest BCUT2D eigenvalue weighted by atomic mass is 35.5. The molecule has 112 valence electrons. The van der Waals surface area contributed by atoms with Gasteiger partial charge in [0.05, 0.1) is 17.4 Å². The third kappa shape index (κ3) is 3.26. The molecule has 0 bridgehead atoms. The third-order valence-electron chi connectivity index (χ3n) is 3.34. The first-order chi connectivity index (χ1) is 10.7. The van der Waals surface area contributed by atoms with Gasteiger partial charge in [-0.15, -0.1) is 0 Å². The van der Waals surface area contributed by atoms with Crippen molar-refractivity contribution in [2.24, 2.45) is 0 Å². The molecule has 0 aliphatic heterocycles. The first-order valence-corrected chi connectivity index (χ1v) is 7.41. The zero-order valence-corrected chi connectivity index (χ0v) is 12.6. The average molecular weight is 315 g/mol. The van der Waals surface area contributed by atoms with Crippen LogP contribution in [-0.4, -0.2) is 27.0 Å². The van der Waals surface area contributed by atoms with Crippen molar-refractivity contribution in [3.63, 3.8) is 0 Å². The maximum Gasteiger partial charge on any atom is 0.269 e. The van der Waals surface area contributed by atoms with Crippen molar-refractivity contribution in [1.82, 2.24) is 19.9 Å². The van der Waals surface area contributed by atoms with Crippen LogP contribution in [0.25, 0.3) is 11.0 Å². The minimum Gasteiger partial charge on any atom is -0.351 e. The van der Waals surface area contributed by atoms with Crippen molar-refractivity contribution in [3.8, 4) is 0 Å². The number of pyridine rings is 1. The van der Waals surface area contributed by atoms with E-state index in [1.54, 1.807) is 12.1 Å². The van der Waals surface area contributed by atoms with Gasteiger partial charge in [0.15, 0.2) is 0 Å². The lowest BCUT2D eigenvalue weighted by molar-refractivity contribution is 0.0948. The summed E-state index contributed by atoms with van der Waals surface area (Å²) in [5.41, 5.74) is 2.42. The Hall–Kier alpha value is -2.40. The van der Waals surface area contributed by atoms with Gasteiger partial charge in [0.25, 0.3) is 5.91 Å². The van der Waals surface area contributed by atoms with Crippen LogP contribution in [0.15, 0.2) is 48.9 Å². The van der Waals surface area contributed by atoms with Crippen LogP contribution < -0.4 is 5.32 Å². The molecule has 0 saturated heterocycles. The molecule has 0 spiro atoms. The Bertz CT molecular complexity index is 799. The van der Waals surface area contributed by atoms with Crippen LogP contribution in [0.1, 0.15) is 16.9 Å². The number of amides is 1. The van der Waals surface area contributed by atoms with E-state index in [0.29, 0.717) is 17.3 Å². The van der Waals surface area contributed by atoms with Crippen LogP contribution in [0.5, 0.6) is 0 Å². The van der Waals surface area contributed by atoms with Crippen molar-refractivity contribution in [3.05, 3.63) is 59.6 Å². The van der Waals surface area contributed by atoms with Crippen LogP contribution in [0.3, 0.4) is 0 Å². The Morgan fingerprint density at radius 1 is 1.23 bits per heavy atom. The number of aryl methyl sites for hydroxylation is 1. The highest BCUT2D eigenvalue weighted by Gasteiger charge is 2.07. The van der Waals surface area contributed by atoms with Gasteiger partial charge in [-0.2, -0.15) is 0 Å². The molecular formula is C16H15ClN4O. The van der Waals surface area contributed by atoms with E-state index < -0.39 is 0 Å². The van der Waals surface area contributed by atoms with Crippen LogP contribution in [-0.2, 0) is 6.54 Å². The highest BCUT2D eigenvalue weighted by molar-refractivity contribution is 6.30. The van der Waals surface area contributed by atoms with Crippen molar-refractivity contribution in [1.29, 1.82) is 0 Å². The first-order valence-electron chi connectivity index (χ1n) is 7.04. The second-order valence-corrected chi connectivity index (χ2v) is 5.33. The Morgan fingerprint density at radius 3 is 2.95 bits per heavy atom. The van der Waals surface area contributed by atoms with Gasteiger partial charge in [-0.3, -0.25) is 9.78 Å². The van der Waals surface area contributed by atoms with Crippen molar-refractivity contribution >= 4 is 28.5 Å². The fourth-order valence-electron chi connectivity index (χ4n) is 2.26. The molecule has 3 rings (SSSR count). The predicted molar refractivity (Wildman–Crippen MR) is 85.9 cm³/mol. The van der Waals surface area contributed by atoms with E-state index in [9.17, 15) is 4.79 Å². The normalized spacial score (nSPS) is 10.8. The second kappa shape index (κ2) is 6.58. The lowest BCUT2D eigenvalue weighted by Gasteiger charge is -2.06. The molecule has 3 aromatic rings. The number of carbonyl (C=O) groups is 1. The summed E-state index contributed by atoms with van der Waals surface area (Å²) >= 11 is 5.84. The lowest BCUT2D eigenvalue weighted by Crippen LogP contribution is -2.26. The average Bonchev–Trinajstić information content (AvgIpc) is 2.95. The number of para-hydroxylation sites is 2. The number of nitrogens with zero attached hydrogens (tertiary/aromatic N) is 3. The molecule has 0 unspecified atom stereocenters. The van der Waals surface area contributed by atoms with Gasteiger partial charge in [0, 0.05) is 24.3 Å². The number of aromatic nitrogens is 3. The molecule has 22 heavy (non-hydrogen) atoms. The Labute approximate surface area is 133 Å². The summed E-state index contributed by atoms with van der Waals surface area (Å²) in [5, 5.41) is 3.35. The number of carbonyl (C=O) groups excluding carboxylic acids is 1. The third-order valence-corrected chi connectivity index (χ3v) is 3.58. The largest absolute Gasteiger partial charge is 0.351 e. The first kappa shape index (κ1) is 14.5. The quantitative estimate of drug-likeness (QED) is 0.737. The summed E-state index contributed by atoms with van der Waals surface area (Å²) in [4.78, 5) is 20.3. The molecule has 0 aliphatic carbocycles. The number of rotatable bonds is 5. The maximum absolute atomic E-state index is 11.9. The van der Waals surface area contributed by atoms with Crippen molar-refractivity contribution in [2.45, 2.75) is 13.0 Å². The minimum absolute atomic E-state index is 0.210. The van der Waals surface area contributed by atoms with E-state index in [1.165, 1.54) is 6.20 Å². The molecule has 1 aromatic carbocycles. The Morgan fingerprint density at radius 2 is 2.09 bits per heavy atom. The van der Waals surface area contributed by atoms with E-state index in [2.05, 4.69) is 19.9 Å². The summed E-state index contributed by atoms with van der Waals surface area (Å²) in [5.74, 6) is -0.210. The fourth-order valence-corrected chi connectivity index (χ4v) is 2.42. The molecule has 2 aromatic heterocycles. The molecule has 1 amide bonds. The number of benzene rings is 1. The molecule has 6 heteroatoms. The van der Waals surface area contributed by atoms with E-state index >= 15 is 0 Å². The van der Waals surface area contributed by atoms with E-state index in [4.69, 9.17) is 11.6 Å². The fraction of sp³-hybridized carbons (Fsp3) is 0.188. The molecule has 5 nitrogen and oxygen atoms in total. The molecule has 0 aliphatic rings. The summed E-state index contributed by atoms with van der Waals surface area (Å²) in [7, 11) is 0. The number of halogens is 1. The Kier molecular flexibility index (Phi) is 4.34. The zero-order valence-electron chi connectivity index (χ0n) is 11.9. The van der Waals surface area contributed by atoms with E-state index in [1.807, 2.05) is 30.6 Å². The summed E-state index contributed by atoms with van der Waals surface area (Å²) in [6.07, 6.45) is 4.16. The van der Waals surface area contributed by atoms with E-state index in [-0.39, 0.29) is 5.91 Å². The lowest BCUT2D eigenvalue weighted by atomic mass is 10.3. The van der Waals surface area contributed by atoms with Crippen LogP contribution in [0, 0.1) is 0 Å². The van der Waals surface area contributed by atoms with E-state index in [0.717, 1.165) is 24.0 Å². The summed E-state index contributed by atoms with van der Waals surface area (Å²) in [6.45, 7) is 1.36. The molecule has 1 N–H and O–H groups in total. The van der Waals surface area contributed by atoms with Gasteiger partial charge >= 0.3 is 0 Å². The van der Waals surface area contributed by atoms with Crippen LogP contribution >= 0.6 is 11.6 Å². The van der Waals surface area contributed by atoms with Crippen LogP contribution in [0.2, 0.25) is 5.02 Å². The van der Waals surface area contributed by atoms with Crippen molar-refractivity contribution < 1.29 is 4.79 Å². The van der Waals surface area contributed by atoms with Gasteiger partial charge in [0.2, 0.25) is 0 Å². The standard InChI is InChI=1S/C16H15ClN4O/c17-12-6-8-18-14(10-12)16(22)19-7-3-9-21-11-20-13-4-1-2-5-15(13)21/h1-2,4-6,8,10-11H,3,7,9H2,(H,19,22). The number of fused-ring (bicyclic) bond motifs is 1. The number of imidazole rings is 1. The van der Waals surface area contributed by atoms with Gasteiger partial charge in [0.1, 0.15) is 5.69 Å². The molecule has 2 heterocycles. The van der Waals surface area contributed by atoms with Gasteiger partial charge in [-0.25, -0.2) is 4.98 Å². The molecule has 0 saturated carbocycles. The summed E-state index contributed by atoms with van der Waals surface area (Å²) in [6, 6.07) is 11.2. The van der Waals surface area contributed by atoms with Crippen LogP contribution in [0.4, 0.5) is 0 Å². The topological polar surface area (TPSA) is 59.8 Å².